The van der Waals surface area contributed by atoms with Gasteiger partial charge in [0.15, 0.2) is 0 Å². The number of ether oxygens (including phenoxy) is 1. The quantitative estimate of drug-likeness (QED) is 0.668. The first-order valence-corrected chi connectivity index (χ1v) is 8.48. The molecule has 4 rings (SSSR count). The minimum absolute atomic E-state index is 0.194. The SMILES string of the molecule is CCOC(=O)N1c2ccccc2C=CC1c1cn(C)c2ccccc12. The van der Waals surface area contributed by atoms with Gasteiger partial charge in [0.1, 0.15) is 0 Å². The zero-order chi connectivity index (χ0) is 17.4. The van der Waals surface area contributed by atoms with Crippen molar-refractivity contribution in [3.8, 4) is 0 Å². The van der Waals surface area contributed by atoms with E-state index in [1.165, 1.54) is 0 Å². The molecule has 0 radical (unpaired) electrons. The van der Waals surface area contributed by atoms with E-state index in [-0.39, 0.29) is 12.1 Å². The Hall–Kier alpha value is -3.01. The topological polar surface area (TPSA) is 34.5 Å². The van der Waals surface area contributed by atoms with Gasteiger partial charge in [-0.25, -0.2) is 4.79 Å². The Morgan fingerprint density at radius 3 is 2.72 bits per heavy atom. The molecule has 0 spiro atoms. The van der Waals surface area contributed by atoms with Crippen molar-refractivity contribution in [1.29, 1.82) is 0 Å². The lowest BCUT2D eigenvalue weighted by Gasteiger charge is -2.33. The lowest BCUT2D eigenvalue weighted by Crippen LogP contribution is -2.36. The van der Waals surface area contributed by atoms with Crippen LogP contribution >= 0.6 is 0 Å². The minimum atomic E-state index is -0.322. The highest BCUT2D eigenvalue weighted by atomic mass is 16.6. The molecule has 25 heavy (non-hydrogen) atoms. The third-order valence-corrected chi connectivity index (χ3v) is 4.64. The summed E-state index contributed by atoms with van der Waals surface area (Å²) >= 11 is 0. The molecule has 4 heteroatoms. The Labute approximate surface area is 146 Å². The second-order valence-corrected chi connectivity index (χ2v) is 6.14. The Bertz CT molecular complexity index is 971. The molecule has 0 N–H and O–H groups in total. The highest BCUT2D eigenvalue weighted by molar-refractivity contribution is 5.96. The summed E-state index contributed by atoms with van der Waals surface area (Å²) in [7, 11) is 2.03. The molecule has 0 bridgehead atoms. The molecule has 0 saturated carbocycles. The minimum Gasteiger partial charge on any atom is -0.449 e. The van der Waals surface area contributed by atoms with Crippen LogP contribution in [0.15, 0.2) is 60.8 Å². The highest BCUT2D eigenvalue weighted by Gasteiger charge is 2.31. The van der Waals surface area contributed by atoms with Crippen molar-refractivity contribution in [2.24, 2.45) is 7.05 Å². The van der Waals surface area contributed by atoms with Crippen LogP contribution < -0.4 is 4.90 Å². The lowest BCUT2D eigenvalue weighted by molar-refractivity contribution is 0.158. The first-order chi connectivity index (χ1) is 12.2. The third-order valence-electron chi connectivity index (χ3n) is 4.64. The van der Waals surface area contributed by atoms with Crippen molar-refractivity contribution in [3.05, 3.63) is 71.9 Å². The number of fused-ring (bicyclic) bond motifs is 2. The number of rotatable bonds is 2. The Morgan fingerprint density at radius 2 is 1.88 bits per heavy atom. The van der Waals surface area contributed by atoms with E-state index >= 15 is 0 Å². The first-order valence-electron chi connectivity index (χ1n) is 8.48. The number of nitrogens with zero attached hydrogens (tertiary/aromatic N) is 2. The maximum absolute atomic E-state index is 12.8. The average Bonchev–Trinajstić information content (AvgIpc) is 2.98. The van der Waals surface area contributed by atoms with Gasteiger partial charge >= 0.3 is 6.09 Å². The fourth-order valence-corrected chi connectivity index (χ4v) is 3.53. The summed E-state index contributed by atoms with van der Waals surface area (Å²) < 4.78 is 7.45. The van der Waals surface area contributed by atoms with Crippen LogP contribution in [0.25, 0.3) is 17.0 Å². The van der Waals surface area contributed by atoms with Crippen molar-refractivity contribution in [2.75, 3.05) is 11.5 Å². The lowest BCUT2D eigenvalue weighted by atomic mass is 9.97. The summed E-state index contributed by atoms with van der Waals surface area (Å²) in [5, 5.41) is 1.15. The van der Waals surface area contributed by atoms with Gasteiger partial charge in [0.05, 0.1) is 18.3 Å². The molecule has 1 aliphatic rings. The number of hydrogen-bond acceptors (Lipinski definition) is 2. The molecule has 1 aliphatic heterocycles. The van der Waals surface area contributed by atoms with Gasteiger partial charge in [-0.05, 0) is 24.6 Å². The molecule has 2 heterocycles. The van der Waals surface area contributed by atoms with Crippen LogP contribution in [-0.2, 0) is 11.8 Å². The fraction of sp³-hybridized carbons (Fsp3) is 0.190. The maximum Gasteiger partial charge on any atom is 0.415 e. The zero-order valence-electron chi connectivity index (χ0n) is 14.3. The van der Waals surface area contributed by atoms with Crippen LogP contribution in [0.3, 0.4) is 0 Å². The molecule has 0 saturated heterocycles. The van der Waals surface area contributed by atoms with Crippen LogP contribution in [0.2, 0.25) is 0 Å². The van der Waals surface area contributed by atoms with Crippen LogP contribution in [0.5, 0.6) is 0 Å². The zero-order valence-corrected chi connectivity index (χ0v) is 14.3. The fourth-order valence-electron chi connectivity index (χ4n) is 3.53. The van der Waals surface area contributed by atoms with Gasteiger partial charge in [0.2, 0.25) is 0 Å². The maximum atomic E-state index is 12.8. The van der Waals surface area contributed by atoms with Gasteiger partial charge < -0.3 is 9.30 Å². The third kappa shape index (κ3) is 2.50. The van der Waals surface area contributed by atoms with E-state index in [0.29, 0.717) is 6.61 Å². The predicted octanol–water partition coefficient (Wildman–Crippen LogP) is 4.91. The number of aromatic nitrogens is 1. The summed E-state index contributed by atoms with van der Waals surface area (Å²) in [5.74, 6) is 0. The number of benzene rings is 2. The van der Waals surface area contributed by atoms with Crippen LogP contribution in [0.1, 0.15) is 24.1 Å². The number of para-hydroxylation sites is 2. The number of carbonyl (C=O) groups excluding carboxylic acids is 1. The molecular formula is C21H20N2O2. The molecule has 1 unspecified atom stereocenters. The Balaban J connectivity index is 1.89. The summed E-state index contributed by atoms with van der Waals surface area (Å²) in [4.78, 5) is 14.5. The largest absolute Gasteiger partial charge is 0.449 e. The number of anilines is 1. The van der Waals surface area contributed by atoms with E-state index in [0.717, 1.165) is 27.7 Å². The Morgan fingerprint density at radius 1 is 1.12 bits per heavy atom. The van der Waals surface area contributed by atoms with E-state index in [9.17, 15) is 4.79 Å². The second kappa shape index (κ2) is 6.13. The molecule has 3 aromatic rings. The number of carbonyl (C=O) groups is 1. The van der Waals surface area contributed by atoms with E-state index in [1.54, 1.807) is 4.90 Å². The monoisotopic (exact) mass is 332 g/mol. The van der Waals surface area contributed by atoms with Crippen molar-refractivity contribution < 1.29 is 9.53 Å². The van der Waals surface area contributed by atoms with Crippen molar-refractivity contribution in [1.82, 2.24) is 4.57 Å². The predicted molar refractivity (Wildman–Crippen MR) is 101 cm³/mol. The number of aryl methyl sites for hydroxylation is 1. The highest BCUT2D eigenvalue weighted by Crippen LogP contribution is 2.39. The van der Waals surface area contributed by atoms with Gasteiger partial charge in [-0.3, -0.25) is 4.90 Å². The normalized spacial score (nSPS) is 16.1. The molecular weight excluding hydrogens is 312 g/mol. The molecule has 1 atom stereocenters. The number of amides is 1. The van der Waals surface area contributed by atoms with E-state index in [4.69, 9.17) is 4.74 Å². The molecule has 4 nitrogen and oxygen atoms in total. The summed E-state index contributed by atoms with van der Waals surface area (Å²) in [6.07, 6.45) is 5.93. The van der Waals surface area contributed by atoms with Gasteiger partial charge in [0.25, 0.3) is 0 Å². The molecule has 2 aromatic carbocycles. The summed E-state index contributed by atoms with van der Waals surface area (Å²) in [6.45, 7) is 2.18. The van der Waals surface area contributed by atoms with Crippen LogP contribution in [-0.4, -0.2) is 17.3 Å². The van der Waals surface area contributed by atoms with Crippen LogP contribution in [0, 0.1) is 0 Å². The average molecular weight is 332 g/mol. The number of hydrogen-bond donors (Lipinski definition) is 0. The summed E-state index contributed by atoms with van der Waals surface area (Å²) in [6, 6.07) is 16.0. The van der Waals surface area contributed by atoms with Crippen molar-refractivity contribution >= 4 is 28.8 Å². The van der Waals surface area contributed by atoms with Gasteiger partial charge in [-0.2, -0.15) is 0 Å². The first kappa shape index (κ1) is 15.5. The van der Waals surface area contributed by atoms with Crippen LogP contribution in [0.4, 0.5) is 10.5 Å². The van der Waals surface area contributed by atoms with Gasteiger partial charge in [-0.15, -0.1) is 0 Å². The van der Waals surface area contributed by atoms with E-state index in [2.05, 4.69) is 35.0 Å². The molecule has 0 aliphatic carbocycles. The second-order valence-electron chi connectivity index (χ2n) is 6.14. The van der Waals surface area contributed by atoms with Gasteiger partial charge in [-0.1, -0.05) is 48.6 Å². The molecule has 1 amide bonds. The molecule has 126 valence electrons. The molecule has 0 fully saturated rings. The van der Waals surface area contributed by atoms with E-state index < -0.39 is 0 Å². The molecule has 1 aromatic heterocycles. The van der Waals surface area contributed by atoms with E-state index in [1.807, 2.05) is 50.4 Å². The standard InChI is InChI=1S/C21H20N2O2/c1-3-25-21(24)23-18-10-6-4-8-15(18)12-13-20(23)17-14-22(2)19-11-7-5-9-16(17)19/h4-14,20H,3H2,1-2H3. The van der Waals surface area contributed by atoms with Crippen molar-refractivity contribution in [2.45, 2.75) is 13.0 Å². The van der Waals surface area contributed by atoms with Crippen molar-refractivity contribution in [3.63, 3.8) is 0 Å². The van der Waals surface area contributed by atoms with Gasteiger partial charge in [0, 0.05) is 29.7 Å². The summed E-state index contributed by atoms with van der Waals surface area (Å²) in [5.41, 5.74) is 4.14. The smallest absolute Gasteiger partial charge is 0.415 e. The Kier molecular flexibility index (Phi) is 3.80.